The van der Waals surface area contributed by atoms with Gasteiger partial charge in [-0.3, -0.25) is 4.79 Å². The second kappa shape index (κ2) is 6.45. The van der Waals surface area contributed by atoms with Gasteiger partial charge in [-0.25, -0.2) is 4.79 Å². The first-order valence-electron chi connectivity index (χ1n) is 7.68. The van der Waals surface area contributed by atoms with Gasteiger partial charge in [0.25, 0.3) is 5.91 Å². The van der Waals surface area contributed by atoms with Crippen molar-refractivity contribution in [3.05, 3.63) is 52.9 Å². The van der Waals surface area contributed by atoms with Crippen molar-refractivity contribution in [2.45, 2.75) is 25.3 Å². The van der Waals surface area contributed by atoms with E-state index in [2.05, 4.69) is 10.5 Å². The highest BCUT2D eigenvalue weighted by Crippen LogP contribution is 2.33. The number of nitrogens with zero attached hydrogens (tertiary/aromatic N) is 1. The van der Waals surface area contributed by atoms with Gasteiger partial charge < -0.3 is 19.7 Å². The van der Waals surface area contributed by atoms with E-state index >= 15 is 0 Å². The van der Waals surface area contributed by atoms with Crippen LogP contribution in [0.2, 0.25) is 0 Å². The smallest absolute Gasteiger partial charge is 0.335 e. The number of aryl methyl sites for hydroxylation is 1. The van der Waals surface area contributed by atoms with Crippen molar-refractivity contribution < 1.29 is 24.0 Å². The molecule has 1 aromatic heterocycles. The number of aromatic carboxylic acids is 1. The molecule has 126 valence electrons. The molecule has 7 heteroatoms. The molecule has 1 aromatic carbocycles. The molecule has 0 saturated carbocycles. The van der Waals surface area contributed by atoms with E-state index in [1.54, 1.807) is 18.2 Å². The van der Waals surface area contributed by atoms with Gasteiger partial charge in [0.1, 0.15) is 5.54 Å². The van der Waals surface area contributed by atoms with Gasteiger partial charge in [-0.2, -0.15) is 0 Å². The number of carboxylic acids is 1. The molecule has 1 aliphatic rings. The maximum absolute atomic E-state index is 12.7. The van der Waals surface area contributed by atoms with Crippen LogP contribution < -0.4 is 5.32 Å². The van der Waals surface area contributed by atoms with E-state index in [1.807, 2.05) is 6.92 Å². The molecule has 1 saturated heterocycles. The molecular formula is C17H18N2O5. The summed E-state index contributed by atoms with van der Waals surface area (Å²) in [4.78, 5) is 23.7. The zero-order valence-corrected chi connectivity index (χ0v) is 13.2. The molecule has 2 N–H and O–H groups in total. The Morgan fingerprint density at radius 2 is 1.92 bits per heavy atom. The van der Waals surface area contributed by atoms with Crippen LogP contribution in [-0.2, 0) is 10.3 Å². The highest BCUT2D eigenvalue weighted by Gasteiger charge is 2.39. The molecule has 2 aromatic rings. The van der Waals surface area contributed by atoms with Crippen LogP contribution in [0.1, 0.15) is 45.0 Å². The summed E-state index contributed by atoms with van der Waals surface area (Å²) in [6, 6.07) is 7.74. The lowest BCUT2D eigenvalue weighted by molar-refractivity contribution is 0.0243. The number of carbonyl (C=O) groups is 2. The van der Waals surface area contributed by atoms with Crippen molar-refractivity contribution in [1.29, 1.82) is 0 Å². The van der Waals surface area contributed by atoms with Crippen molar-refractivity contribution in [1.82, 2.24) is 10.5 Å². The Kier molecular flexibility index (Phi) is 4.35. The van der Waals surface area contributed by atoms with Crippen LogP contribution in [0.4, 0.5) is 0 Å². The predicted molar refractivity (Wildman–Crippen MR) is 83.8 cm³/mol. The van der Waals surface area contributed by atoms with Crippen LogP contribution in [0, 0.1) is 6.92 Å². The number of aromatic nitrogens is 1. The number of carbonyl (C=O) groups excluding carboxylic acids is 1. The molecule has 0 radical (unpaired) electrons. The third-order valence-electron chi connectivity index (χ3n) is 4.17. The lowest BCUT2D eigenvalue weighted by Gasteiger charge is -2.35. The number of benzene rings is 1. The Labute approximate surface area is 138 Å². The van der Waals surface area contributed by atoms with Crippen LogP contribution in [0.3, 0.4) is 0 Å². The molecule has 1 amide bonds. The third kappa shape index (κ3) is 3.16. The van der Waals surface area contributed by atoms with E-state index in [-0.39, 0.29) is 17.0 Å². The number of rotatable bonds is 4. The molecule has 0 aliphatic carbocycles. The fraction of sp³-hybridized carbons (Fsp3) is 0.353. The van der Waals surface area contributed by atoms with Crippen LogP contribution >= 0.6 is 0 Å². The standard InChI is InChI=1S/C17H18N2O5/c1-11-9-14(24-19-11)17(5-7-23-8-6-17)18-15(20)12-3-2-4-13(10-12)16(21)22/h2-4,9-10H,5-8H2,1H3,(H,18,20)(H,21,22). The predicted octanol–water partition coefficient (Wildman–Crippen LogP) is 2.12. The topological polar surface area (TPSA) is 102 Å². The molecule has 24 heavy (non-hydrogen) atoms. The van der Waals surface area contributed by atoms with Crippen LogP contribution in [-0.4, -0.2) is 35.4 Å². The lowest BCUT2D eigenvalue weighted by atomic mass is 9.86. The summed E-state index contributed by atoms with van der Waals surface area (Å²) in [5.74, 6) is -0.837. The summed E-state index contributed by atoms with van der Waals surface area (Å²) < 4.78 is 10.8. The van der Waals surface area contributed by atoms with E-state index < -0.39 is 11.5 Å². The molecule has 1 aliphatic heterocycles. The van der Waals surface area contributed by atoms with E-state index in [9.17, 15) is 9.59 Å². The van der Waals surface area contributed by atoms with Crippen molar-refractivity contribution in [3.63, 3.8) is 0 Å². The van der Waals surface area contributed by atoms with Gasteiger partial charge in [0.05, 0.1) is 11.3 Å². The van der Waals surface area contributed by atoms with Gasteiger partial charge in [0.2, 0.25) is 0 Å². The van der Waals surface area contributed by atoms with Gasteiger partial charge >= 0.3 is 5.97 Å². The molecule has 7 nitrogen and oxygen atoms in total. The zero-order valence-electron chi connectivity index (χ0n) is 13.2. The van der Waals surface area contributed by atoms with Gasteiger partial charge in [0, 0.05) is 37.7 Å². The summed E-state index contributed by atoms with van der Waals surface area (Å²) in [7, 11) is 0. The minimum atomic E-state index is -1.07. The van der Waals surface area contributed by atoms with Crippen molar-refractivity contribution >= 4 is 11.9 Å². The molecule has 0 atom stereocenters. The lowest BCUT2D eigenvalue weighted by Crippen LogP contribution is -2.49. The molecule has 2 heterocycles. The van der Waals surface area contributed by atoms with E-state index in [1.165, 1.54) is 12.1 Å². The average molecular weight is 330 g/mol. The largest absolute Gasteiger partial charge is 0.478 e. The number of carboxylic acid groups (broad SMARTS) is 1. The van der Waals surface area contributed by atoms with Gasteiger partial charge in [-0.1, -0.05) is 11.2 Å². The first-order chi connectivity index (χ1) is 11.5. The fourth-order valence-electron chi connectivity index (χ4n) is 2.82. The monoisotopic (exact) mass is 330 g/mol. The van der Waals surface area contributed by atoms with Crippen molar-refractivity contribution in [2.75, 3.05) is 13.2 Å². The SMILES string of the molecule is Cc1cc(C2(NC(=O)c3cccc(C(=O)O)c3)CCOCC2)on1. The first-order valence-corrected chi connectivity index (χ1v) is 7.68. The Morgan fingerprint density at radius 1 is 1.21 bits per heavy atom. The number of amides is 1. The second-order valence-electron chi connectivity index (χ2n) is 5.87. The maximum Gasteiger partial charge on any atom is 0.335 e. The Morgan fingerprint density at radius 3 is 2.54 bits per heavy atom. The minimum absolute atomic E-state index is 0.0687. The summed E-state index contributed by atoms with van der Waals surface area (Å²) in [6.07, 6.45) is 1.12. The first kappa shape index (κ1) is 16.2. The van der Waals surface area contributed by atoms with E-state index in [0.29, 0.717) is 31.8 Å². The van der Waals surface area contributed by atoms with Crippen LogP contribution in [0.5, 0.6) is 0 Å². The molecule has 1 fully saturated rings. The molecule has 0 unspecified atom stereocenters. The number of hydrogen-bond donors (Lipinski definition) is 2. The summed E-state index contributed by atoms with van der Waals surface area (Å²) in [5, 5.41) is 16.0. The average Bonchev–Trinajstić information content (AvgIpc) is 3.03. The normalized spacial score (nSPS) is 16.5. The van der Waals surface area contributed by atoms with E-state index in [0.717, 1.165) is 5.69 Å². The molecule has 0 bridgehead atoms. The highest BCUT2D eigenvalue weighted by molar-refractivity contribution is 5.97. The second-order valence-corrected chi connectivity index (χ2v) is 5.87. The van der Waals surface area contributed by atoms with Crippen molar-refractivity contribution in [2.24, 2.45) is 0 Å². The summed E-state index contributed by atoms with van der Waals surface area (Å²) in [5.41, 5.74) is 0.393. The Balaban J connectivity index is 1.89. The van der Waals surface area contributed by atoms with Crippen LogP contribution in [0.25, 0.3) is 0 Å². The van der Waals surface area contributed by atoms with Gasteiger partial charge in [0.15, 0.2) is 5.76 Å². The Hall–Kier alpha value is -2.67. The third-order valence-corrected chi connectivity index (χ3v) is 4.17. The maximum atomic E-state index is 12.7. The minimum Gasteiger partial charge on any atom is -0.478 e. The molecular weight excluding hydrogens is 312 g/mol. The highest BCUT2D eigenvalue weighted by atomic mass is 16.5. The number of nitrogens with one attached hydrogen (secondary N) is 1. The van der Waals surface area contributed by atoms with Gasteiger partial charge in [-0.05, 0) is 25.1 Å². The summed E-state index contributed by atoms with van der Waals surface area (Å²) >= 11 is 0. The number of ether oxygens (including phenoxy) is 1. The van der Waals surface area contributed by atoms with Crippen LogP contribution in [0.15, 0.2) is 34.9 Å². The molecule has 0 spiro atoms. The van der Waals surface area contributed by atoms with Crippen molar-refractivity contribution in [3.8, 4) is 0 Å². The zero-order chi connectivity index (χ0) is 17.2. The summed E-state index contributed by atoms with van der Waals surface area (Å²) in [6.45, 7) is 2.81. The fourth-order valence-corrected chi connectivity index (χ4v) is 2.82. The number of hydrogen-bond acceptors (Lipinski definition) is 5. The van der Waals surface area contributed by atoms with E-state index in [4.69, 9.17) is 14.4 Å². The molecule has 3 rings (SSSR count). The van der Waals surface area contributed by atoms with Gasteiger partial charge in [-0.15, -0.1) is 0 Å². The quantitative estimate of drug-likeness (QED) is 0.890. The Bertz CT molecular complexity index is 762.